The molecule has 14 heavy (non-hydrogen) atoms. The summed E-state index contributed by atoms with van der Waals surface area (Å²) in [5.41, 5.74) is -0.130. The van der Waals surface area contributed by atoms with Crippen molar-refractivity contribution >= 4 is 11.9 Å². The third-order valence-electron chi connectivity index (χ3n) is 2.24. The van der Waals surface area contributed by atoms with Crippen LogP contribution in [0.15, 0.2) is 0 Å². The molecule has 0 radical (unpaired) electrons. The Morgan fingerprint density at radius 2 is 1.93 bits per heavy atom. The van der Waals surface area contributed by atoms with Crippen molar-refractivity contribution in [3.8, 4) is 0 Å². The van der Waals surface area contributed by atoms with E-state index in [4.69, 9.17) is 9.84 Å². The monoisotopic (exact) mass is 202 g/mol. The molecule has 0 amide bonds. The molecule has 0 spiro atoms. The number of hydrogen-bond donors (Lipinski definition) is 1. The molecular formula is C10H18O4. The average molecular weight is 202 g/mol. The van der Waals surface area contributed by atoms with Gasteiger partial charge in [0, 0.05) is 0 Å². The molecule has 1 unspecified atom stereocenters. The van der Waals surface area contributed by atoms with Gasteiger partial charge in [-0.1, -0.05) is 27.2 Å². The van der Waals surface area contributed by atoms with Crippen LogP contribution in [0.4, 0.5) is 0 Å². The van der Waals surface area contributed by atoms with Crippen LogP contribution in [0.2, 0.25) is 0 Å². The van der Waals surface area contributed by atoms with Crippen LogP contribution in [0, 0.1) is 5.41 Å². The number of aliphatic carboxylic acids is 1. The number of rotatable bonds is 5. The van der Waals surface area contributed by atoms with Crippen molar-refractivity contribution in [2.24, 2.45) is 5.41 Å². The normalized spacial score (nSPS) is 13.4. The number of carboxylic acids is 1. The largest absolute Gasteiger partial charge is 0.479 e. The molecule has 0 bridgehead atoms. The molecule has 0 fully saturated rings. The fourth-order valence-corrected chi connectivity index (χ4v) is 0.805. The van der Waals surface area contributed by atoms with Crippen LogP contribution in [0.1, 0.15) is 40.5 Å². The van der Waals surface area contributed by atoms with Gasteiger partial charge in [0.15, 0.2) is 6.10 Å². The van der Waals surface area contributed by atoms with Gasteiger partial charge in [0.25, 0.3) is 0 Å². The minimum Gasteiger partial charge on any atom is -0.479 e. The summed E-state index contributed by atoms with van der Waals surface area (Å²) in [4.78, 5) is 21.6. The lowest BCUT2D eigenvalue weighted by atomic mass is 9.87. The molecule has 4 nitrogen and oxygen atoms in total. The zero-order valence-corrected chi connectivity index (χ0v) is 9.16. The SMILES string of the molecule is CCC(C)(C)CC(=O)OC(C)C(=O)O. The van der Waals surface area contributed by atoms with Crippen molar-refractivity contribution in [2.45, 2.75) is 46.6 Å². The van der Waals surface area contributed by atoms with Crippen molar-refractivity contribution in [3.05, 3.63) is 0 Å². The molecule has 82 valence electrons. The summed E-state index contributed by atoms with van der Waals surface area (Å²) >= 11 is 0. The van der Waals surface area contributed by atoms with Crippen molar-refractivity contribution < 1.29 is 19.4 Å². The Morgan fingerprint density at radius 3 is 2.29 bits per heavy atom. The van der Waals surface area contributed by atoms with Crippen LogP contribution in [-0.4, -0.2) is 23.1 Å². The van der Waals surface area contributed by atoms with Crippen LogP contribution in [-0.2, 0) is 14.3 Å². The van der Waals surface area contributed by atoms with Gasteiger partial charge in [0.2, 0.25) is 0 Å². The highest BCUT2D eigenvalue weighted by Crippen LogP contribution is 2.24. The molecule has 4 heteroatoms. The molecule has 0 saturated heterocycles. The van der Waals surface area contributed by atoms with Gasteiger partial charge in [-0.2, -0.15) is 0 Å². The summed E-state index contributed by atoms with van der Waals surface area (Å²) in [6, 6.07) is 0. The van der Waals surface area contributed by atoms with E-state index in [9.17, 15) is 9.59 Å². The minimum absolute atomic E-state index is 0.130. The zero-order chi connectivity index (χ0) is 11.4. The van der Waals surface area contributed by atoms with E-state index in [1.165, 1.54) is 6.92 Å². The first kappa shape index (κ1) is 12.9. The maximum absolute atomic E-state index is 11.2. The van der Waals surface area contributed by atoms with Crippen LogP contribution < -0.4 is 0 Å². The van der Waals surface area contributed by atoms with E-state index in [2.05, 4.69) is 0 Å². The van der Waals surface area contributed by atoms with Crippen LogP contribution in [0.25, 0.3) is 0 Å². The lowest BCUT2D eigenvalue weighted by molar-refractivity contribution is -0.164. The van der Waals surface area contributed by atoms with Crippen LogP contribution in [0.5, 0.6) is 0 Å². The van der Waals surface area contributed by atoms with E-state index in [0.29, 0.717) is 0 Å². The second kappa shape index (κ2) is 4.98. The second-order valence-electron chi connectivity index (χ2n) is 4.16. The van der Waals surface area contributed by atoms with E-state index in [-0.39, 0.29) is 11.8 Å². The molecule has 1 atom stereocenters. The van der Waals surface area contributed by atoms with E-state index >= 15 is 0 Å². The van der Waals surface area contributed by atoms with Crippen LogP contribution in [0.3, 0.4) is 0 Å². The molecule has 0 heterocycles. The van der Waals surface area contributed by atoms with E-state index in [1.54, 1.807) is 0 Å². The number of carbonyl (C=O) groups is 2. The summed E-state index contributed by atoms with van der Waals surface area (Å²) in [7, 11) is 0. The fraction of sp³-hybridized carbons (Fsp3) is 0.800. The molecule has 0 aromatic rings. The van der Waals surface area contributed by atoms with E-state index < -0.39 is 18.0 Å². The molecule has 0 aliphatic heterocycles. The topological polar surface area (TPSA) is 63.6 Å². The van der Waals surface area contributed by atoms with E-state index in [1.807, 2.05) is 20.8 Å². The highest BCUT2D eigenvalue weighted by atomic mass is 16.6. The molecule has 0 rings (SSSR count). The lowest BCUT2D eigenvalue weighted by Crippen LogP contribution is -2.26. The Kier molecular flexibility index (Phi) is 4.60. The molecule has 0 aliphatic rings. The van der Waals surface area contributed by atoms with Gasteiger partial charge in [-0.3, -0.25) is 4.79 Å². The lowest BCUT2D eigenvalue weighted by Gasteiger charge is -2.21. The minimum atomic E-state index is -1.12. The maximum Gasteiger partial charge on any atom is 0.344 e. The third kappa shape index (κ3) is 4.84. The summed E-state index contributed by atoms with van der Waals surface area (Å²) in [5.74, 6) is -1.57. The zero-order valence-electron chi connectivity index (χ0n) is 9.16. The van der Waals surface area contributed by atoms with E-state index in [0.717, 1.165) is 6.42 Å². The van der Waals surface area contributed by atoms with Crippen molar-refractivity contribution in [3.63, 3.8) is 0 Å². The Bertz CT molecular complexity index is 220. The number of esters is 1. The molecule has 1 N–H and O–H groups in total. The van der Waals surface area contributed by atoms with Gasteiger partial charge in [-0.25, -0.2) is 4.79 Å². The predicted molar refractivity (Wildman–Crippen MR) is 51.9 cm³/mol. The fourth-order valence-electron chi connectivity index (χ4n) is 0.805. The second-order valence-corrected chi connectivity index (χ2v) is 4.16. The first-order valence-electron chi connectivity index (χ1n) is 4.71. The van der Waals surface area contributed by atoms with Crippen molar-refractivity contribution in [2.75, 3.05) is 0 Å². The molecule has 0 aromatic heterocycles. The summed E-state index contributed by atoms with van der Waals surface area (Å²) in [5, 5.41) is 8.51. The van der Waals surface area contributed by atoms with Crippen molar-refractivity contribution in [1.82, 2.24) is 0 Å². The Balaban J connectivity index is 4.05. The Morgan fingerprint density at radius 1 is 1.43 bits per heavy atom. The summed E-state index contributed by atoms with van der Waals surface area (Å²) in [6.07, 6.45) is 0.0418. The molecule has 0 saturated carbocycles. The first-order chi connectivity index (χ1) is 6.28. The number of carboxylic acid groups (broad SMARTS) is 1. The highest BCUT2D eigenvalue weighted by Gasteiger charge is 2.23. The molecule has 0 aliphatic carbocycles. The maximum atomic E-state index is 11.2. The van der Waals surface area contributed by atoms with Gasteiger partial charge in [-0.15, -0.1) is 0 Å². The molecule has 0 aromatic carbocycles. The van der Waals surface area contributed by atoms with Crippen LogP contribution >= 0.6 is 0 Å². The van der Waals surface area contributed by atoms with Crippen molar-refractivity contribution in [1.29, 1.82) is 0 Å². The van der Waals surface area contributed by atoms with Gasteiger partial charge in [-0.05, 0) is 12.3 Å². The van der Waals surface area contributed by atoms with Gasteiger partial charge >= 0.3 is 11.9 Å². The van der Waals surface area contributed by atoms with Gasteiger partial charge < -0.3 is 9.84 Å². The summed E-state index contributed by atoms with van der Waals surface area (Å²) in [6.45, 7) is 7.21. The Labute approximate surface area is 84.3 Å². The third-order valence-corrected chi connectivity index (χ3v) is 2.24. The predicted octanol–water partition coefficient (Wildman–Crippen LogP) is 1.83. The first-order valence-corrected chi connectivity index (χ1v) is 4.71. The number of carbonyl (C=O) groups excluding carboxylic acids is 1. The van der Waals surface area contributed by atoms with Gasteiger partial charge in [0.05, 0.1) is 6.42 Å². The summed E-state index contributed by atoms with van der Waals surface area (Å²) < 4.78 is 4.71. The Hall–Kier alpha value is -1.06. The number of ether oxygens (including phenoxy) is 1. The quantitative estimate of drug-likeness (QED) is 0.691. The van der Waals surface area contributed by atoms with Gasteiger partial charge in [0.1, 0.15) is 0 Å². The average Bonchev–Trinajstić information content (AvgIpc) is 2.02. The smallest absolute Gasteiger partial charge is 0.344 e. The standard InChI is InChI=1S/C10H18O4/c1-5-10(3,4)6-8(11)14-7(2)9(12)13/h7H,5-6H2,1-4H3,(H,12,13). The molecular weight excluding hydrogens is 184 g/mol. The highest BCUT2D eigenvalue weighted by molar-refractivity contribution is 5.77. The number of hydrogen-bond acceptors (Lipinski definition) is 3.